The zero-order valence-corrected chi connectivity index (χ0v) is 12.7. The van der Waals surface area contributed by atoms with Gasteiger partial charge in [-0.15, -0.1) is 0 Å². The zero-order chi connectivity index (χ0) is 15.1. The minimum Gasteiger partial charge on any atom is -0.381 e. The molecule has 0 radical (unpaired) electrons. The molecule has 0 spiro atoms. The van der Waals surface area contributed by atoms with Gasteiger partial charge in [-0.25, -0.2) is 8.42 Å². The first-order valence-electron chi connectivity index (χ1n) is 7.13. The Morgan fingerprint density at radius 1 is 1.24 bits per heavy atom. The average molecular weight is 308 g/mol. The second kappa shape index (κ2) is 7.55. The van der Waals surface area contributed by atoms with E-state index >= 15 is 0 Å². The summed E-state index contributed by atoms with van der Waals surface area (Å²) in [6, 6.07) is 8.02. The predicted octanol–water partition coefficient (Wildman–Crippen LogP) is 1.35. The van der Waals surface area contributed by atoms with E-state index in [0.29, 0.717) is 18.0 Å². The largest absolute Gasteiger partial charge is 0.381 e. The Bertz CT molecular complexity index is 584. The van der Waals surface area contributed by atoms with E-state index in [-0.39, 0.29) is 10.6 Å². The maximum Gasteiger partial charge on any atom is 0.179 e. The number of hydrogen-bond donors (Lipinski definition) is 1. The molecule has 0 aliphatic carbocycles. The van der Waals surface area contributed by atoms with Crippen LogP contribution in [0.5, 0.6) is 0 Å². The summed E-state index contributed by atoms with van der Waals surface area (Å²) in [7, 11) is -3.28. The fourth-order valence-electron chi connectivity index (χ4n) is 2.32. The van der Waals surface area contributed by atoms with Gasteiger partial charge in [-0.05, 0) is 49.6 Å². The summed E-state index contributed by atoms with van der Waals surface area (Å²) in [5.41, 5.74) is 0.464. The van der Waals surface area contributed by atoms with Gasteiger partial charge in [-0.1, -0.05) is 0 Å². The molecular weight excluding hydrogens is 288 g/mol. The van der Waals surface area contributed by atoms with Crippen LogP contribution in [0.3, 0.4) is 0 Å². The highest BCUT2D eigenvalue weighted by Crippen LogP contribution is 2.14. The molecule has 1 aromatic carbocycles. The first kappa shape index (κ1) is 16.0. The van der Waals surface area contributed by atoms with Gasteiger partial charge in [0.15, 0.2) is 9.84 Å². The Kier molecular flexibility index (Phi) is 5.74. The number of nitrogens with zero attached hydrogens (tertiary/aromatic N) is 1. The van der Waals surface area contributed by atoms with E-state index in [9.17, 15) is 8.42 Å². The molecule has 1 N–H and O–H groups in total. The Hall–Kier alpha value is -1.42. The Morgan fingerprint density at radius 2 is 1.90 bits per heavy atom. The molecule has 1 aliphatic heterocycles. The lowest BCUT2D eigenvalue weighted by molar-refractivity contribution is 0.0665. The van der Waals surface area contributed by atoms with Crippen LogP contribution in [0.2, 0.25) is 0 Å². The predicted molar refractivity (Wildman–Crippen MR) is 79.6 cm³/mol. The molecule has 0 aromatic heterocycles. The van der Waals surface area contributed by atoms with E-state index in [2.05, 4.69) is 5.32 Å². The third kappa shape index (κ3) is 4.81. The number of ether oxygens (including phenoxy) is 1. The van der Waals surface area contributed by atoms with Crippen molar-refractivity contribution in [1.82, 2.24) is 5.32 Å². The molecule has 2 rings (SSSR count). The molecule has 5 nitrogen and oxygen atoms in total. The highest BCUT2D eigenvalue weighted by Gasteiger charge is 2.16. The van der Waals surface area contributed by atoms with Gasteiger partial charge in [0.05, 0.1) is 22.3 Å². The van der Waals surface area contributed by atoms with Gasteiger partial charge in [-0.3, -0.25) is 0 Å². The van der Waals surface area contributed by atoms with Crippen molar-refractivity contribution in [3.05, 3.63) is 29.8 Å². The fourth-order valence-corrected chi connectivity index (χ4v) is 3.52. The van der Waals surface area contributed by atoms with Crippen LogP contribution < -0.4 is 5.32 Å². The van der Waals surface area contributed by atoms with Gasteiger partial charge in [0.1, 0.15) is 0 Å². The van der Waals surface area contributed by atoms with Crippen LogP contribution in [0.4, 0.5) is 0 Å². The molecular formula is C15H20N2O3S. The van der Waals surface area contributed by atoms with Gasteiger partial charge in [0, 0.05) is 19.8 Å². The molecule has 1 fully saturated rings. The van der Waals surface area contributed by atoms with Crippen molar-refractivity contribution in [3.63, 3.8) is 0 Å². The SMILES string of the molecule is N#Cc1ccc(S(=O)(=O)CCNCC2CCOCC2)cc1. The van der Waals surface area contributed by atoms with Gasteiger partial charge in [0.2, 0.25) is 0 Å². The van der Waals surface area contributed by atoms with Crippen molar-refractivity contribution in [3.8, 4) is 6.07 Å². The Labute approximate surface area is 125 Å². The third-order valence-electron chi connectivity index (χ3n) is 3.66. The first-order valence-corrected chi connectivity index (χ1v) is 8.78. The normalized spacial score (nSPS) is 16.5. The molecule has 0 amide bonds. The standard InChI is InChI=1S/C15H20N2O3S/c16-11-13-1-3-15(4-2-13)21(18,19)10-7-17-12-14-5-8-20-9-6-14/h1-4,14,17H,5-10,12H2. The van der Waals surface area contributed by atoms with Crippen LogP contribution in [0.1, 0.15) is 18.4 Å². The number of benzene rings is 1. The highest BCUT2D eigenvalue weighted by atomic mass is 32.2. The summed E-state index contributed by atoms with van der Waals surface area (Å²) in [6.45, 7) is 2.89. The fraction of sp³-hybridized carbons (Fsp3) is 0.533. The molecule has 21 heavy (non-hydrogen) atoms. The van der Waals surface area contributed by atoms with Crippen molar-refractivity contribution in [1.29, 1.82) is 5.26 Å². The summed E-state index contributed by atoms with van der Waals surface area (Å²) in [6.07, 6.45) is 2.07. The molecule has 1 saturated heterocycles. The van der Waals surface area contributed by atoms with Gasteiger partial charge < -0.3 is 10.1 Å². The first-order chi connectivity index (χ1) is 10.1. The number of hydrogen-bond acceptors (Lipinski definition) is 5. The quantitative estimate of drug-likeness (QED) is 0.803. The zero-order valence-electron chi connectivity index (χ0n) is 11.9. The molecule has 1 aliphatic rings. The molecule has 0 saturated carbocycles. The van der Waals surface area contributed by atoms with Crippen molar-refractivity contribution < 1.29 is 13.2 Å². The molecule has 1 heterocycles. The molecule has 0 atom stereocenters. The Balaban J connectivity index is 1.79. The minimum absolute atomic E-state index is 0.0715. The highest BCUT2D eigenvalue weighted by molar-refractivity contribution is 7.91. The molecule has 1 aromatic rings. The van der Waals surface area contributed by atoms with Crippen LogP contribution in [0, 0.1) is 17.2 Å². The van der Waals surface area contributed by atoms with Gasteiger partial charge >= 0.3 is 0 Å². The van der Waals surface area contributed by atoms with Crippen molar-refractivity contribution in [2.45, 2.75) is 17.7 Å². The second-order valence-electron chi connectivity index (χ2n) is 5.21. The molecule has 0 bridgehead atoms. The lowest BCUT2D eigenvalue weighted by atomic mass is 10.0. The number of rotatable bonds is 6. The van der Waals surface area contributed by atoms with Crippen LogP contribution in [0.15, 0.2) is 29.2 Å². The van der Waals surface area contributed by atoms with E-state index in [1.807, 2.05) is 6.07 Å². The molecule has 0 unspecified atom stereocenters. The third-order valence-corrected chi connectivity index (χ3v) is 5.40. The summed E-state index contributed by atoms with van der Waals surface area (Å²) in [5.74, 6) is 0.652. The maximum atomic E-state index is 12.1. The van der Waals surface area contributed by atoms with E-state index in [1.165, 1.54) is 24.3 Å². The molecule has 6 heteroatoms. The van der Waals surface area contributed by atoms with Crippen LogP contribution in [0.25, 0.3) is 0 Å². The van der Waals surface area contributed by atoms with Crippen LogP contribution in [-0.2, 0) is 14.6 Å². The van der Waals surface area contributed by atoms with E-state index < -0.39 is 9.84 Å². The van der Waals surface area contributed by atoms with E-state index in [4.69, 9.17) is 10.00 Å². The summed E-state index contributed by atoms with van der Waals surface area (Å²) < 4.78 is 29.6. The number of nitriles is 1. The van der Waals surface area contributed by atoms with E-state index in [0.717, 1.165) is 32.6 Å². The van der Waals surface area contributed by atoms with Crippen molar-refractivity contribution >= 4 is 9.84 Å². The van der Waals surface area contributed by atoms with E-state index in [1.54, 1.807) is 0 Å². The van der Waals surface area contributed by atoms with Crippen molar-refractivity contribution in [2.75, 3.05) is 32.1 Å². The number of sulfone groups is 1. The maximum absolute atomic E-state index is 12.1. The number of nitrogens with one attached hydrogen (secondary N) is 1. The molecule has 114 valence electrons. The monoisotopic (exact) mass is 308 g/mol. The van der Waals surface area contributed by atoms with Crippen molar-refractivity contribution in [2.24, 2.45) is 5.92 Å². The smallest absolute Gasteiger partial charge is 0.179 e. The minimum atomic E-state index is -3.28. The Morgan fingerprint density at radius 3 is 2.52 bits per heavy atom. The summed E-state index contributed by atoms with van der Waals surface area (Å²) in [5, 5.41) is 11.9. The van der Waals surface area contributed by atoms with Crippen LogP contribution >= 0.6 is 0 Å². The second-order valence-corrected chi connectivity index (χ2v) is 7.32. The van der Waals surface area contributed by atoms with Crippen LogP contribution in [-0.4, -0.2) is 40.5 Å². The lowest BCUT2D eigenvalue weighted by Crippen LogP contribution is -2.31. The van der Waals surface area contributed by atoms with Gasteiger partial charge in [-0.2, -0.15) is 5.26 Å². The average Bonchev–Trinajstić information content (AvgIpc) is 2.53. The lowest BCUT2D eigenvalue weighted by Gasteiger charge is -2.22. The van der Waals surface area contributed by atoms with Gasteiger partial charge in [0.25, 0.3) is 0 Å². The topological polar surface area (TPSA) is 79.2 Å². The summed E-state index contributed by atoms with van der Waals surface area (Å²) in [4.78, 5) is 0.273. The summed E-state index contributed by atoms with van der Waals surface area (Å²) >= 11 is 0.